The normalized spacial score (nSPS) is 18.3. The zero-order valence-electron chi connectivity index (χ0n) is 20.9. The first-order valence-electron chi connectivity index (χ1n) is 12.1. The number of carbonyl (C=O) groups is 1. The van der Waals surface area contributed by atoms with Crippen LogP contribution in [0.5, 0.6) is 5.88 Å². The molecule has 4 rings (SSSR count). The van der Waals surface area contributed by atoms with Crippen molar-refractivity contribution in [3.8, 4) is 17.1 Å². The number of hydrogen-bond acceptors (Lipinski definition) is 7. The lowest BCUT2D eigenvalue weighted by molar-refractivity contribution is -0.121. The minimum atomic E-state index is -3.83. The van der Waals surface area contributed by atoms with Crippen molar-refractivity contribution in [1.82, 2.24) is 14.6 Å². The van der Waals surface area contributed by atoms with Crippen LogP contribution >= 0.6 is 24.8 Å². The molecular formula is C25H36Cl2N4O5S. The molecule has 1 aromatic carbocycles. The Labute approximate surface area is 231 Å². The van der Waals surface area contributed by atoms with Gasteiger partial charge in [0.2, 0.25) is 21.8 Å². The number of rotatable bonds is 8. The van der Waals surface area contributed by atoms with E-state index in [0.717, 1.165) is 16.8 Å². The minimum Gasteiger partial charge on any atom is -0.475 e. The van der Waals surface area contributed by atoms with Gasteiger partial charge in [0, 0.05) is 24.7 Å². The Kier molecular flexibility index (Phi) is 11.2. The molecule has 1 amide bonds. The van der Waals surface area contributed by atoms with Crippen LogP contribution in [0, 0.1) is 6.92 Å². The summed E-state index contributed by atoms with van der Waals surface area (Å²) in [6.45, 7) is 3.85. The first-order valence-corrected chi connectivity index (χ1v) is 13.5. The summed E-state index contributed by atoms with van der Waals surface area (Å²) in [6, 6.07) is 11.8. The minimum absolute atomic E-state index is 0. The van der Waals surface area contributed by atoms with Gasteiger partial charge >= 0.3 is 0 Å². The average Bonchev–Trinajstić information content (AvgIpc) is 2.88. The number of primary amides is 1. The fourth-order valence-corrected chi connectivity index (χ4v) is 7.32. The van der Waals surface area contributed by atoms with Gasteiger partial charge in [0.25, 0.3) is 0 Å². The summed E-state index contributed by atoms with van der Waals surface area (Å²) >= 11 is 0. The van der Waals surface area contributed by atoms with Crippen molar-refractivity contribution < 1.29 is 23.1 Å². The quantitative estimate of drug-likeness (QED) is 0.440. The van der Waals surface area contributed by atoms with Crippen LogP contribution in [0.2, 0.25) is 0 Å². The molecular weight excluding hydrogens is 539 g/mol. The predicted molar refractivity (Wildman–Crippen MR) is 148 cm³/mol. The van der Waals surface area contributed by atoms with E-state index in [1.807, 2.05) is 25.1 Å². The van der Waals surface area contributed by atoms with Crippen LogP contribution in [0.1, 0.15) is 42.7 Å². The van der Waals surface area contributed by atoms with E-state index in [1.165, 1.54) is 9.87 Å². The van der Waals surface area contributed by atoms with E-state index in [0.29, 0.717) is 44.9 Å². The Morgan fingerprint density at radius 1 is 1.19 bits per heavy atom. The standard InChI is InChI=1S/C25H34N4O5S.2ClH/c1-18-17-20(5-6-21(18)22-3-2-4-23(28-22)34-16-15-30)19-7-13-29(14-8-19)35(32,33)25(24(26)31)9-11-27-12-10-25;;/h2-6,17,19,27,30H,7-16H2,1H3,(H2,26,31);2*1H. The van der Waals surface area contributed by atoms with Crippen LogP contribution in [0.3, 0.4) is 0 Å². The number of nitrogens with two attached hydrogens (primary N) is 1. The number of aliphatic hydroxyl groups excluding tert-OH is 1. The van der Waals surface area contributed by atoms with Gasteiger partial charge < -0.3 is 20.9 Å². The summed E-state index contributed by atoms with van der Waals surface area (Å²) in [7, 11) is -3.83. The summed E-state index contributed by atoms with van der Waals surface area (Å²) in [4.78, 5) is 16.8. The lowest BCUT2D eigenvalue weighted by Gasteiger charge is -2.40. The largest absolute Gasteiger partial charge is 0.475 e. The van der Waals surface area contributed by atoms with Crippen LogP contribution in [0.15, 0.2) is 36.4 Å². The molecule has 2 aromatic rings. The van der Waals surface area contributed by atoms with Crippen LogP contribution < -0.4 is 15.8 Å². The van der Waals surface area contributed by atoms with E-state index in [9.17, 15) is 13.2 Å². The fraction of sp³-hybridized carbons (Fsp3) is 0.520. The third kappa shape index (κ3) is 6.38. The van der Waals surface area contributed by atoms with Crippen molar-refractivity contribution in [2.75, 3.05) is 39.4 Å². The van der Waals surface area contributed by atoms with E-state index in [-0.39, 0.29) is 56.8 Å². The maximum Gasteiger partial charge on any atom is 0.240 e. The van der Waals surface area contributed by atoms with Gasteiger partial charge in [-0.25, -0.2) is 17.7 Å². The number of amides is 1. The highest BCUT2D eigenvalue weighted by Gasteiger charge is 2.53. The number of carbonyl (C=O) groups excluding carboxylic acids is 1. The van der Waals surface area contributed by atoms with Gasteiger partial charge in [-0.3, -0.25) is 4.79 Å². The Bertz CT molecular complexity index is 1170. The highest BCUT2D eigenvalue weighted by Crippen LogP contribution is 2.37. The lowest BCUT2D eigenvalue weighted by atomic mass is 9.88. The number of pyridine rings is 1. The van der Waals surface area contributed by atoms with E-state index in [2.05, 4.69) is 22.4 Å². The van der Waals surface area contributed by atoms with Gasteiger partial charge in [-0.2, -0.15) is 0 Å². The highest BCUT2D eigenvalue weighted by molar-refractivity contribution is 7.91. The van der Waals surface area contributed by atoms with Gasteiger partial charge in [0.1, 0.15) is 6.61 Å². The molecule has 0 bridgehead atoms. The van der Waals surface area contributed by atoms with E-state index in [1.54, 1.807) is 6.07 Å². The highest BCUT2D eigenvalue weighted by atomic mass is 35.5. The van der Waals surface area contributed by atoms with Crippen molar-refractivity contribution in [1.29, 1.82) is 0 Å². The Hall–Kier alpha value is -1.95. The summed E-state index contributed by atoms with van der Waals surface area (Å²) in [5, 5.41) is 12.1. The number of benzene rings is 1. The van der Waals surface area contributed by atoms with Crippen LogP contribution in [-0.4, -0.2) is 72.9 Å². The van der Waals surface area contributed by atoms with Crippen molar-refractivity contribution in [2.24, 2.45) is 5.73 Å². The van der Waals surface area contributed by atoms with Gasteiger partial charge in [-0.1, -0.05) is 24.3 Å². The molecule has 4 N–H and O–H groups in total. The molecule has 0 radical (unpaired) electrons. The number of ether oxygens (including phenoxy) is 1. The summed E-state index contributed by atoms with van der Waals surface area (Å²) < 4.78 is 32.3. The summed E-state index contributed by atoms with van der Waals surface area (Å²) in [5.74, 6) is -0.0400. The number of aliphatic hydroxyl groups is 1. The van der Waals surface area contributed by atoms with Crippen LogP contribution in [0.4, 0.5) is 0 Å². The number of sulfonamides is 1. The Morgan fingerprint density at radius 2 is 1.86 bits per heavy atom. The van der Waals surface area contributed by atoms with E-state index in [4.69, 9.17) is 15.6 Å². The molecule has 2 aliphatic rings. The third-order valence-electron chi connectivity index (χ3n) is 7.21. The molecule has 0 atom stereocenters. The topological polar surface area (TPSA) is 135 Å². The van der Waals surface area contributed by atoms with Crippen molar-refractivity contribution >= 4 is 40.7 Å². The van der Waals surface area contributed by atoms with E-state index >= 15 is 0 Å². The summed E-state index contributed by atoms with van der Waals surface area (Å²) in [6.07, 6.45) is 1.80. The number of hydrogen-bond donors (Lipinski definition) is 3. The van der Waals surface area contributed by atoms with Gasteiger partial charge in [-0.05, 0) is 68.8 Å². The molecule has 1 aromatic heterocycles. The second-order valence-corrected chi connectivity index (χ2v) is 11.5. The zero-order chi connectivity index (χ0) is 25.1. The fourth-order valence-electron chi connectivity index (χ4n) is 5.16. The Balaban J connectivity index is 0.00000241. The van der Waals surface area contributed by atoms with Crippen LogP contribution in [-0.2, 0) is 14.8 Å². The monoisotopic (exact) mass is 574 g/mol. The smallest absolute Gasteiger partial charge is 0.240 e. The lowest BCUT2D eigenvalue weighted by Crippen LogP contribution is -2.61. The first kappa shape index (κ1) is 31.3. The number of aryl methyl sites for hydroxylation is 1. The van der Waals surface area contributed by atoms with Gasteiger partial charge in [-0.15, -0.1) is 24.8 Å². The van der Waals surface area contributed by atoms with Crippen molar-refractivity contribution in [2.45, 2.75) is 43.3 Å². The molecule has 0 unspecified atom stereocenters. The number of nitrogens with one attached hydrogen (secondary N) is 1. The number of piperidine rings is 2. The molecule has 12 heteroatoms. The number of nitrogens with zero attached hydrogens (tertiary/aromatic N) is 2. The molecule has 2 fully saturated rings. The zero-order valence-corrected chi connectivity index (χ0v) is 23.3. The van der Waals surface area contributed by atoms with Gasteiger partial charge in [0.05, 0.1) is 12.3 Å². The molecule has 0 saturated carbocycles. The molecule has 206 valence electrons. The molecule has 2 aliphatic heterocycles. The Morgan fingerprint density at radius 3 is 2.46 bits per heavy atom. The number of aromatic nitrogens is 1. The van der Waals surface area contributed by atoms with Crippen LogP contribution in [0.25, 0.3) is 11.3 Å². The average molecular weight is 576 g/mol. The first-order chi connectivity index (χ1) is 16.8. The van der Waals surface area contributed by atoms with Crippen molar-refractivity contribution in [3.63, 3.8) is 0 Å². The second kappa shape index (κ2) is 13.2. The maximum atomic E-state index is 13.5. The van der Waals surface area contributed by atoms with Gasteiger partial charge in [0.15, 0.2) is 4.75 Å². The SMILES string of the molecule is Cc1cc(C2CCN(S(=O)(=O)C3(C(N)=O)CCNCC3)CC2)ccc1-c1cccc(OCCO)n1.Cl.Cl. The molecule has 9 nitrogen and oxygen atoms in total. The molecule has 0 spiro atoms. The number of halogens is 2. The maximum absolute atomic E-state index is 13.5. The van der Waals surface area contributed by atoms with Crippen molar-refractivity contribution in [3.05, 3.63) is 47.5 Å². The molecule has 37 heavy (non-hydrogen) atoms. The predicted octanol–water partition coefficient (Wildman–Crippen LogP) is 2.39. The molecule has 3 heterocycles. The second-order valence-electron chi connectivity index (χ2n) is 9.29. The third-order valence-corrected chi connectivity index (χ3v) is 9.85. The molecule has 0 aliphatic carbocycles. The molecule has 2 saturated heterocycles. The van der Waals surface area contributed by atoms with E-state index < -0.39 is 20.7 Å². The summed E-state index contributed by atoms with van der Waals surface area (Å²) in [5.41, 5.74) is 9.67.